The van der Waals surface area contributed by atoms with Gasteiger partial charge < -0.3 is 9.47 Å². The smallest absolute Gasteiger partial charge is 0.0651 e. The van der Waals surface area contributed by atoms with Crippen molar-refractivity contribution in [2.24, 2.45) is 0 Å². The van der Waals surface area contributed by atoms with Crippen LogP contribution in [0.2, 0.25) is 0 Å². The predicted molar refractivity (Wildman–Crippen MR) is 229 cm³/mol. The van der Waals surface area contributed by atoms with Gasteiger partial charge in [-0.2, -0.15) is 0 Å². The summed E-state index contributed by atoms with van der Waals surface area (Å²) >= 11 is 0. The van der Waals surface area contributed by atoms with Crippen LogP contribution in [-0.2, 0) is 0 Å². The molecule has 0 radical (unpaired) electrons. The molecule has 0 aliphatic heterocycles. The highest BCUT2D eigenvalue weighted by atomic mass is 15.1. The number of hydrogen-bond donors (Lipinski definition) is 0. The predicted octanol–water partition coefficient (Wildman–Crippen LogP) is 14.4. The quantitative estimate of drug-likeness (QED) is 0.159. The third-order valence-corrected chi connectivity index (χ3v) is 7.93. The van der Waals surface area contributed by atoms with Gasteiger partial charge in [-0.3, -0.25) is 0 Å². The molecule has 0 aliphatic carbocycles. The van der Waals surface area contributed by atoms with E-state index >= 15 is 0 Å². The largest absolute Gasteiger partial charge is 0.310 e. The molecule has 0 amide bonds. The Morgan fingerprint density at radius 2 is 0.889 bits per heavy atom. The number of anilines is 3. The van der Waals surface area contributed by atoms with Crippen molar-refractivity contribution >= 4 is 49.6 Å². The number of benzene rings is 9. The lowest BCUT2D eigenvalue weighted by atomic mass is 10.00. The van der Waals surface area contributed by atoms with Gasteiger partial charge in [0.05, 0.1) is 66.1 Å². The molecule has 2 nitrogen and oxygen atoms in total. The molecule has 0 bridgehead atoms. The molecule has 0 spiro atoms. The van der Waals surface area contributed by atoms with Crippen molar-refractivity contribution in [3.05, 3.63) is 218 Å². The highest BCUT2D eigenvalue weighted by molar-refractivity contribution is 6.10. The first kappa shape index (κ1) is 11.7. The summed E-state index contributed by atoms with van der Waals surface area (Å²) in [7, 11) is 0. The van der Waals surface area contributed by atoms with E-state index in [4.69, 9.17) is 28.8 Å². The van der Waals surface area contributed by atoms with E-state index in [1.165, 1.54) is 0 Å². The maximum atomic E-state index is 9.86. The summed E-state index contributed by atoms with van der Waals surface area (Å²) in [5, 5.41) is -2.70. The van der Waals surface area contributed by atoms with Gasteiger partial charge >= 0.3 is 0 Å². The molecule has 0 atom stereocenters. The number of hydrogen-bond acceptors (Lipinski definition) is 1. The number of para-hydroxylation sites is 2. The lowest BCUT2D eigenvalue weighted by molar-refractivity contribution is 1.19. The van der Waals surface area contributed by atoms with E-state index in [2.05, 4.69) is 0 Å². The van der Waals surface area contributed by atoms with E-state index in [0.29, 0.717) is 4.57 Å². The summed E-state index contributed by atoms with van der Waals surface area (Å²) < 4.78 is 325. The standard InChI is InChI=1S/C52H36N2/c1-3-13-37(14-4-1)39-23-29-44(30-24-39)53(50-21-11-9-19-47(50)41-16-5-2-6-17-41)45-31-25-40(26-32-45)43-28-34-52-49(36-43)48-20-10-12-22-51(48)54(52)46-33-27-38-15-7-8-18-42(38)35-46/h1-36H/i1D,2D,3D,4D,5D,6D,7D,8D,9D,10D,11D,12D,13D,14D,15D,16D,17D,18D,19D,20D,21D,22D,23D,24D,25D,26D,27D,28D,29D,30D,31D,32D,33D,34D,35D,36D. The van der Waals surface area contributed by atoms with Gasteiger partial charge in [0.1, 0.15) is 0 Å². The lowest BCUT2D eigenvalue weighted by Gasteiger charge is -2.28. The topological polar surface area (TPSA) is 8.17 Å². The first-order valence-corrected chi connectivity index (χ1v) is 15.6. The molecule has 0 N–H and O–H groups in total. The van der Waals surface area contributed by atoms with E-state index in [9.17, 15) is 20.6 Å². The highest BCUT2D eigenvalue weighted by Gasteiger charge is 2.18. The Bertz CT molecular complexity index is 4910. The Labute approximate surface area is 366 Å². The fourth-order valence-electron chi connectivity index (χ4n) is 5.57. The second-order valence-electron chi connectivity index (χ2n) is 11.0. The van der Waals surface area contributed by atoms with E-state index < -0.39 is 306 Å². The minimum atomic E-state index is -1.42. The molecule has 2 heteroatoms. The Balaban J connectivity index is 1.39. The summed E-state index contributed by atoms with van der Waals surface area (Å²) in [6.07, 6.45) is 0. The summed E-state index contributed by atoms with van der Waals surface area (Å²) in [6.45, 7) is 0. The Kier molecular flexibility index (Phi) is 2.90. The summed E-state index contributed by atoms with van der Waals surface area (Å²) in [6, 6.07) is -39.9. The van der Waals surface area contributed by atoms with Crippen molar-refractivity contribution in [2.75, 3.05) is 4.90 Å². The molecule has 254 valence electrons. The number of rotatable bonds is 7. The van der Waals surface area contributed by atoms with Crippen LogP contribution in [0.5, 0.6) is 0 Å². The maximum Gasteiger partial charge on any atom is 0.0651 e. The van der Waals surface area contributed by atoms with Gasteiger partial charge in [0.25, 0.3) is 0 Å². The van der Waals surface area contributed by atoms with E-state index in [1.807, 2.05) is 0 Å². The van der Waals surface area contributed by atoms with Crippen LogP contribution in [-0.4, -0.2) is 4.57 Å². The van der Waals surface area contributed by atoms with Crippen molar-refractivity contribution < 1.29 is 49.3 Å². The Morgan fingerprint density at radius 1 is 0.352 bits per heavy atom. The lowest BCUT2D eigenvalue weighted by Crippen LogP contribution is -2.11. The fraction of sp³-hybridized carbons (Fsp3) is 0. The molecule has 10 rings (SSSR count). The van der Waals surface area contributed by atoms with E-state index in [0.717, 1.165) is 0 Å². The van der Waals surface area contributed by atoms with Crippen molar-refractivity contribution in [3.8, 4) is 39.1 Å². The fourth-order valence-corrected chi connectivity index (χ4v) is 5.57. The zero-order valence-electron chi connectivity index (χ0n) is 62.9. The monoisotopic (exact) mass is 725 g/mol. The van der Waals surface area contributed by atoms with Crippen molar-refractivity contribution in [1.29, 1.82) is 0 Å². The summed E-state index contributed by atoms with van der Waals surface area (Å²) in [5.74, 6) is 0. The second kappa shape index (κ2) is 13.4. The SMILES string of the molecule is [2H]c1c([2H])c([2H])c(-c2c([2H])c([2H])c(N(c3c([2H])c([2H])c(-c4c([2H])c([2H])c5c(c4[2H])c4c([2H])c([2H])c([2H])c([2H])c4n5-c4c([2H])c([2H])c5c([2H])c([2H])c([2H])c([2H])c5c4[2H])c([2H])c3[2H])c3c([2H])c([2H])c([2H])c([2H])c3-c3c([2H])c([2H])c([2H])c([2H])c3[2H])c([2H])c2[2H])c([2H])c1[2H]. The van der Waals surface area contributed by atoms with E-state index in [-0.39, 0.29) is 4.90 Å². The van der Waals surface area contributed by atoms with Gasteiger partial charge in [-0.1, -0.05) is 157 Å². The minimum Gasteiger partial charge on any atom is -0.310 e. The van der Waals surface area contributed by atoms with Gasteiger partial charge in [-0.15, -0.1) is 0 Å². The molecule has 1 heterocycles. The number of nitrogens with zero attached hydrogens (tertiary/aromatic N) is 2. The molecular formula is C52H36N2. The third-order valence-electron chi connectivity index (χ3n) is 7.93. The van der Waals surface area contributed by atoms with Crippen LogP contribution >= 0.6 is 0 Å². The summed E-state index contributed by atoms with van der Waals surface area (Å²) in [4.78, 5) is 0.235. The molecule has 0 unspecified atom stereocenters. The molecule has 0 saturated heterocycles. The van der Waals surface area contributed by atoms with Crippen LogP contribution in [0.4, 0.5) is 17.1 Å². The van der Waals surface area contributed by atoms with Crippen LogP contribution in [0.25, 0.3) is 71.6 Å². The zero-order chi connectivity index (χ0) is 67.2. The normalized spacial score (nSPS) is 20.7. The van der Waals surface area contributed by atoms with Gasteiger partial charge in [-0.25, -0.2) is 0 Å². The molecule has 0 fully saturated rings. The zero-order valence-corrected chi connectivity index (χ0v) is 26.9. The number of aromatic nitrogens is 1. The van der Waals surface area contributed by atoms with Crippen LogP contribution < -0.4 is 4.90 Å². The van der Waals surface area contributed by atoms with Crippen LogP contribution in [0.15, 0.2) is 218 Å². The Morgan fingerprint density at radius 3 is 1.63 bits per heavy atom. The van der Waals surface area contributed by atoms with Gasteiger partial charge in [0.15, 0.2) is 0 Å². The minimum absolute atomic E-state index is 0.235. The summed E-state index contributed by atoms with van der Waals surface area (Å²) in [5.41, 5.74) is -12.2. The van der Waals surface area contributed by atoms with E-state index in [1.54, 1.807) is 0 Å². The third kappa shape index (κ3) is 5.62. The molecule has 54 heavy (non-hydrogen) atoms. The molecule has 9 aromatic carbocycles. The average molecular weight is 725 g/mol. The van der Waals surface area contributed by atoms with Crippen LogP contribution in [0.1, 0.15) is 49.3 Å². The highest BCUT2D eigenvalue weighted by Crippen LogP contribution is 2.42. The molecular weight excluding hydrogens is 653 g/mol. The maximum absolute atomic E-state index is 9.86. The molecule has 1 aromatic heterocycles. The average Bonchev–Trinajstić information content (AvgIpc) is 1.43. The van der Waals surface area contributed by atoms with Crippen molar-refractivity contribution in [2.45, 2.75) is 0 Å². The van der Waals surface area contributed by atoms with Gasteiger partial charge in [0.2, 0.25) is 0 Å². The second-order valence-corrected chi connectivity index (χ2v) is 11.0. The van der Waals surface area contributed by atoms with Crippen molar-refractivity contribution in [3.63, 3.8) is 0 Å². The molecule has 0 aliphatic rings. The van der Waals surface area contributed by atoms with Crippen LogP contribution in [0, 0.1) is 0 Å². The van der Waals surface area contributed by atoms with Crippen molar-refractivity contribution in [1.82, 2.24) is 4.57 Å². The number of fused-ring (bicyclic) bond motifs is 4. The first-order chi connectivity index (χ1) is 41.8. The van der Waals surface area contributed by atoms with Crippen LogP contribution in [0.3, 0.4) is 0 Å². The van der Waals surface area contributed by atoms with Gasteiger partial charge in [0, 0.05) is 33.4 Å². The van der Waals surface area contributed by atoms with Gasteiger partial charge in [-0.05, 0) is 99.0 Å². The Hall–Kier alpha value is -7.16. The first-order valence-electron chi connectivity index (χ1n) is 33.6. The molecule has 0 saturated carbocycles. The molecule has 10 aromatic rings.